The summed E-state index contributed by atoms with van der Waals surface area (Å²) < 4.78 is 10.3. The van der Waals surface area contributed by atoms with Crippen LogP contribution in [0.25, 0.3) is 0 Å². The molecule has 0 aliphatic carbocycles. The van der Waals surface area contributed by atoms with Crippen LogP contribution in [0.2, 0.25) is 0 Å². The Morgan fingerprint density at radius 2 is 1.83 bits per heavy atom. The Kier molecular flexibility index (Phi) is 8.07. The van der Waals surface area contributed by atoms with Gasteiger partial charge in [0.25, 0.3) is 0 Å². The summed E-state index contributed by atoms with van der Waals surface area (Å²) in [6.07, 6.45) is 0. The highest BCUT2D eigenvalue weighted by Crippen LogP contribution is 2.15. The van der Waals surface area contributed by atoms with Crippen LogP contribution in [0.4, 0.5) is 5.69 Å². The SMILES string of the molecule is COCCOc1ccc(NC(=O)CNC(=O)[C@@H](N)C(C)C)cc1. The summed E-state index contributed by atoms with van der Waals surface area (Å²) in [5.74, 6) is 0.0550. The average Bonchev–Trinajstić information content (AvgIpc) is 2.53. The Morgan fingerprint density at radius 3 is 2.39 bits per heavy atom. The van der Waals surface area contributed by atoms with Crippen LogP contribution in [0.3, 0.4) is 0 Å². The third-order valence-corrected chi connectivity index (χ3v) is 3.14. The summed E-state index contributed by atoms with van der Waals surface area (Å²) in [6, 6.07) is 6.33. The Labute approximate surface area is 136 Å². The van der Waals surface area contributed by atoms with Gasteiger partial charge in [0.15, 0.2) is 0 Å². The standard InChI is InChI=1S/C16H25N3O4/c1-11(2)15(17)16(21)18-10-14(20)19-12-4-6-13(7-5-12)23-9-8-22-3/h4-7,11,15H,8-10,17H2,1-3H3,(H,18,21)(H,19,20)/t15-/m0/s1. The number of carbonyl (C=O) groups is 2. The molecule has 0 saturated heterocycles. The molecule has 7 nitrogen and oxygen atoms in total. The maximum atomic E-state index is 11.8. The molecule has 0 saturated carbocycles. The van der Waals surface area contributed by atoms with E-state index in [-0.39, 0.29) is 24.3 Å². The molecule has 1 aromatic rings. The number of anilines is 1. The third-order valence-electron chi connectivity index (χ3n) is 3.14. The zero-order valence-corrected chi connectivity index (χ0v) is 13.8. The summed E-state index contributed by atoms with van der Waals surface area (Å²) in [7, 11) is 1.61. The second-order valence-electron chi connectivity index (χ2n) is 5.40. The van der Waals surface area contributed by atoms with E-state index in [4.69, 9.17) is 15.2 Å². The zero-order chi connectivity index (χ0) is 17.2. The lowest BCUT2D eigenvalue weighted by molar-refractivity contribution is -0.125. The normalized spacial score (nSPS) is 11.9. The maximum Gasteiger partial charge on any atom is 0.243 e. The first-order valence-electron chi connectivity index (χ1n) is 7.49. The van der Waals surface area contributed by atoms with Crippen molar-refractivity contribution >= 4 is 17.5 Å². The van der Waals surface area contributed by atoms with Gasteiger partial charge in [0.2, 0.25) is 11.8 Å². The number of amides is 2. The van der Waals surface area contributed by atoms with E-state index in [0.29, 0.717) is 24.7 Å². The molecule has 0 aliphatic heterocycles. The van der Waals surface area contributed by atoms with Crippen LogP contribution >= 0.6 is 0 Å². The molecule has 0 unspecified atom stereocenters. The van der Waals surface area contributed by atoms with Gasteiger partial charge in [-0.2, -0.15) is 0 Å². The lowest BCUT2D eigenvalue weighted by Gasteiger charge is -2.15. The topological polar surface area (TPSA) is 103 Å². The average molecular weight is 323 g/mol. The molecule has 4 N–H and O–H groups in total. The van der Waals surface area contributed by atoms with Crippen LogP contribution in [0.5, 0.6) is 5.75 Å². The molecule has 0 fully saturated rings. The van der Waals surface area contributed by atoms with Gasteiger partial charge in [0.1, 0.15) is 12.4 Å². The van der Waals surface area contributed by atoms with Crippen LogP contribution in [-0.4, -0.2) is 44.7 Å². The molecule has 0 aromatic heterocycles. The van der Waals surface area contributed by atoms with E-state index < -0.39 is 6.04 Å². The summed E-state index contributed by atoms with van der Waals surface area (Å²) in [4.78, 5) is 23.5. The number of rotatable bonds is 9. The molecule has 0 heterocycles. The van der Waals surface area contributed by atoms with Gasteiger partial charge in [-0.3, -0.25) is 9.59 Å². The smallest absolute Gasteiger partial charge is 0.243 e. The minimum Gasteiger partial charge on any atom is -0.491 e. The number of nitrogens with one attached hydrogen (secondary N) is 2. The highest BCUT2D eigenvalue weighted by molar-refractivity contribution is 5.95. The number of hydrogen-bond donors (Lipinski definition) is 3. The first kappa shape index (κ1) is 18.9. The Bertz CT molecular complexity index is 503. The highest BCUT2D eigenvalue weighted by atomic mass is 16.5. The monoisotopic (exact) mass is 323 g/mol. The van der Waals surface area contributed by atoms with Crippen molar-refractivity contribution in [2.75, 3.05) is 32.2 Å². The van der Waals surface area contributed by atoms with Gasteiger partial charge in [0, 0.05) is 12.8 Å². The molecule has 1 rings (SSSR count). The van der Waals surface area contributed by atoms with Crippen molar-refractivity contribution in [3.63, 3.8) is 0 Å². The van der Waals surface area contributed by atoms with Gasteiger partial charge >= 0.3 is 0 Å². The second kappa shape index (κ2) is 9.81. The van der Waals surface area contributed by atoms with Gasteiger partial charge in [-0.25, -0.2) is 0 Å². The summed E-state index contributed by atoms with van der Waals surface area (Å²) >= 11 is 0. The van der Waals surface area contributed by atoms with Gasteiger partial charge in [-0.15, -0.1) is 0 Å². The highest BCUT2D eigenvalue weighted by Gasteiger charge is 2.17. The van der Waals surface area contributed by atoms with Crippen LogP contribution in [-0.2, 0) is 14.3 Å². The van der Waals surface area contributed by atoms with Crippen molar-refractivity contribution in [1.82, 2.24) is 5.32 Å². The molecule has 1 atom stereocenters. The number of carbonyl (C=O) groups excluding carboxylic acids is 2. The molecule has 0 bridgehead atoms. The minimum absolute atomic E-state index is 0.0173. The first-order chi connectivity index (χ1) is 10.9. The molecule has 7 heteroatoms. The molecule has 1 aromatic carbocycles. The van der Waals surface area contributed by atoms with E-state index in [1.54, 1.807) is 31.4 Å². The van der Waals surface area contributed by atoms with E-state index in [1.165, 1.54) is 0 Å². The van der Waals surface area contributed by atoms with Gasteiger partial charge in [0.05, 0.1) is 19.2 Å². The molecule has 2 amide bonds. The van der Waals surface area contributed by atoms with Crippen molar-refractivity contribution in [2.24, 2.45) is 11.7 Å². The number of hydrogen-bond acceptors (Lipinski definition) is 5. The Morgan fingerprint density at radius 1 is 1.17 bits per heavy atom. The summed E-state index contributed by atoms with van der Waals surface area (Å²) in [5.41, 5.74) is 6.32. The second-order valence-corrected chi connectivity index (χ2v) is 5.40. The van der Waals surface area contributed by atoms with Crippen molar-refractivity contribution < 1.29 is 19.1 Å². The van der Waals surface area contributed by atoms with E-state index in [0.717, 1.165) is 0 Å². The fourth-order valence-corrected chi connectivity index (χ4v) is 1.67. The van der Waals surface area contributed by atoms with Crippen molar-refractivity contribution in [3.05, 3.63) is 24.3 Å². The number of methoxy groups -OCH3 is 1. The predicted octanol–water partition coefficient (Wildman–Crippen LogP) is 0.750. The van der Waals surface area contributed by atoms with Crippen LogP contribution in [0, 0.1) is 5.92 Å². The number of nitrogens with two attached hydrogens (primary N) is 1. The summed E-state index contributed by atoms with van der Waals surface area (Å²) in [6.45, 7) is 4.55. The Balaban J connectivity index is 2.38. The van der Waals surface area contributed by atoms with Crippen molar-refractivity contribution in [3.8, 4) is 5.75 Å². The molecule has 0 aliphatic rings. The van der Waals surface area contributed by atoms with Crippen LogP contribution < -0.4 is 21.1 Å². The van der Waals surface area contributed by atoms with E-state index in [2.05, 4.69) is 10.6 Å². The molecule has 0 spiro atoms. The van der Waals surface area contributed by atoms with Crippen molar-refractivity contribution in [2.45, 2.75) is 19.9 Å². The molecule has 128 valence electrons. The lowest BCUT2D eigenvalue weighted by Crippen LogP contribution is -2.46. The van der Waals surface area contributed by atoms with Crippen LogP contribution in [0.15, 0.2) is 24.3 Å². The number of benzene rings is 1. The fraction of sp³-hybridized carbons (Fsp3) is 0.500. The molecular formula is C16H25N3O4. The van der Waals surface area contributed by atoms with Gasteiger partial charge < -0.3 is 25.8 Å². The Hall–Kier alpha value is -2.12. The van der Waals surface area contributed by atoms with Crippen LogP contribution in [0.1, 0.15) is 13.8 Å². The lowest BCUT2D eigenvalue weighted by atomic mass is 10.1. The fourth-order valence-electron chi connectivity index (χ4n) is 1.67. The van der Waals surface area contributed by atoms with E-state index >= 15 is 0 Å². The van der Waals surface area contributed by atoms with Gasteiger partial charge in [-0.05, 0) is 30.2 Å². The molecular weight excluding hydrogens is 298 g/mol. The van der Waals surface area contributed by atoms with E-state index in [1.807, 2.05) is 13.8 Å². The summed E-state index contributed by atoms with van der Waals surface area (Å²) in [5, 5.41) is 5.20. The number of ether oxygens (including phenoxy) is 2. The van der Waals surface area contributed by atoms with Crippen molar-refractivity contribution in [1.29, 1.82) is 0 Å². The minimum atomic E-state index is -0.619. The quantitative estimate of drug-likeness (QED) is 0.582. The third kappa shape index (κ3) is 7.12. The predicted molar refractivity (Wildman–Crippen MR) is 88.3 cm³/mol. The largest absolute Gasteiger partial charge is 0.491 e. The van der Waals surface area contributed by atoms with E-state index in [9.17, 15) is 9.59 Å². The molecule has 0 radical (unpaired) electrons. The maximum absolute atomic E-state index is 11.8. The zero-order valence-electron chi connectivity index (χ0n) is 13.8. The first-order valence-corrected chi connectivity index (χ1v) is 7.49. The van der Waals surface area contributed by atoms with Gasteiger partial charge in [-0.1, -0.05) is 13.8 Å². The molecule has 23 heavy (non-hydrogen) atoms.